The predicted octanol–water partition coefficient (Wildman–Crippen LogP) is 6.23. The number of anilines is 1. The van der Waals surface area contributed by atoms with Crippen molar-refractivity contribution in [1.29, 1.82) is 0 Å². The van der Waals surface area contributed by atoms with Crippen molar-refractivity contribution < 1.29 is 9.13 Å². The first-order valence-corrected chi connectivity index (χ1v) is 12.7. The van der Waals surface area contributed by atoms with E-state index in [0.717, 1.165) is 40.7 Å². The van der Waals surface area contributed by atoms with Gasteiger partial charge < -0.3 is 15.0 Å². The lowest BCUT2D eigenvalue weighted by molar-refractivity contribution is 0.411. The summed E-state index contributed by atoms with van der Waals surface area (Å²) in [5, 5.41) is 11.7. The van der Waals surface area contributed by atoms with E-state index in [1.54, 1.807) is 18.5 Å². The highest BCUT2D eigenvalue weighted by molar-refractivity contribution is 5.96. The maximum Gasteiger partial charge on any atom is 0.181 e. The van der Waals surface area contributed by atoms with Crippen LogP contribution in [0, 0.1) is 11.7 Å². The first kappa shape index (κ1) is 24.5. The van der Waals surface area contributed by atoms with Crippen LogP contribution in [-0.4, -0.2) is 48.8 Å². The largest absolute Gasteiger partial charge is 0.497 e. The highest BCUT2D eigenvalue weighted by Crippen LogP contribution is 2.33. The third-order valence-electron chi connectivity index (χ3n) is 6.58. The number of hydrogen-bond donors (Lipinski definition) is 3. The SMILES string of the molecule is COc1cc(F)cc(-c2ccnc3nc(-c4[nH]nc5ncc(-c6cncc(NCCC(C)C)c6)cc45)[nH]c23)c1. The van der Waals surface area contributed by atoms with Gasteiger partial charge in [-0.1, -0.05) is 13.8 Å². The van der Waals surface area contributed by atoms with Gasteiger partial charge in [0, 0.05) is 54.1 Å². The lowest BCUT2D eigenvalue weighted by Gasteiger charge is -2.09. The molecule has 0 atom stereocenters. The van der Waals surface area contributed by atoms with Crippen LogP contribution >= 0.6 is 0 Å². The van der Waals surface area contributed by atoms with E-state index >= 15 is 0 Å². The Morgan fingerprint density at radius 1 is 0.974 bits per heavy atom. The fourth-order valence-electron chi connectivity index (χ4n) is 4.54. The van der Waals surface area contributed by atoms with Crippen molar-refractivity contribution in [2.75, 3.05) is 19.0 Å². The summed E-state index contributed by atoms with van der Waals surface area (Å²) in [6.07, 6.45) is 8.17. The van der Waals surface area contributed by atoms with Crippen LogP contribution < -0.4 is 10.1 Å². The zero-order chi connectivity index (χ0) is 26.9. The lowest BCUT2D eigenvalue weighted by atomic mass is 10.1. The summed E-state index contributed by atoms with van der Waals surface area (Å²) in [7, 11) is 1.51. The third-order valence-corrected chi connectivity index (χ3v) is 6.58. The summed E-state index contributed by atoms with van der Waals surface area (Å²) in [6.45, 7) is 5.30. The van der Waals surface area contributed by atoms with Crippen molar-refractivity contribution >= 4 is 27.9 Å². The molecule has 39 heavy (non-hydrogen) atoms. The molecular weight excluding hydrogens is 495 g/mol. The van der Waals surface area contributed by atoms with Crippen LogP contribution in [0.25, 0.3) is 56.0 Å². The van der Waals surface area contributed by atoms with Gasteiger partial charge in [-0.2, -0.15) is 5.10 Å². The van der Waals surface area contributed by atoms with Gasteiger partial charge in [0.25, 0.3) is 0 Å². The Morgan fingerprint density at radius 2 is 1.85 bits per heavy atom. The molecule has 196 valence electrons. The molecule has 0 unspecified atom stereocenters. The molecular formula is C29H27FN8O. The number of aromatic amines is 2. The number of methoxy groups -OCH3 is 1. The van der Waals surface area contributed by atoms with E-state index in [1.807, 2.05) is 24.5 Å². The van der Waals surface area contributed by atoms with Crippen molar-refractivity contribution in [3.8, 4) is 39.5 Å². The number of ether oxygens (including phenoxy) is 1. The quantitative estimate of drug-likeness (QED) is 0.217. The van der Waals surface area contributed by atoms with Gasteiger partial charge in [-0.25, -0.2) is 19.3 Å². The van der Waals surface area contributed by atoms with E-state index in [9.17, 15) is 4.39 Å². The summed E-state index contributed by atoms with van der Waals surface area (Å²) in [6, 6.07) is 10.5. The summed E-state index contributed by atoms with van der Waals surface area (Å²) >= 11 is 0. The number of fused-ring (bicyclic) bond motifs is 2. The molecule has 0 aliphatic rings. The van der Waals surface area contributed by atoms with Crippen molar-refractivity contribution in [2.45, 2.75) is 20.3 Å². The maximum atomic E-state index is 14.2. The third kappa shape index (κ3) is 4.88. The van der Waals surface area contributed by atoms with Crippen LogP contribution in [0.4, 0.5) is 10.1 Å². The van der Waals surface area contributed by atoms with Crippen molar-refractivity contribution in [1.82, 2.24) is 35.1 Å². The molecule has 0 bridgehead atoms. The predicted molar refractivity (Wildman–Crippen MR) is 150 cm³/mol. The van der Waals surface area contributed by atoms with E-state index in [1.165, 1.54) is 19.2 Å². The van der Waals surface area contributed by atoms with Crippen LogP contribution in [0.1, 0.15) is 20.3 Å². The Morgan fingerprint density at radius 3 is 2.69 bits per heavy atom. The zero-order valence-electron chi connectivity index (χ0n) is 21.8. The molecule has 5 aromatic heterocycles. The molecule has 3 N–H and O–H groups in total. The van der Waals surface area contributed by atoms with Crippen molar-refractivity contribution in [3.63, 3.8) is 0 Å². The topological polar surface area (TPSA) is 117 Å². The monoisotopic (exact) mass is 522 g/mol. The second-order valence-electron chi connectivity index (χ2n) is 9.79. The highest BCUT2D eigenvalue weighted by Gasteiger charge is 2.17. The fourth-order valence-corrected chi connectivity index (χ4v) is 4.54. The van der Waals surface area contributed by atoms with Gasteiger partial charge in [0.05, 0.1) is 23.7 Å². The van der Waals surface area contributed by atoms with E-state index in [-0.39, 0.29) is 5.82 Å². The molecule has 6 rings (SSSR count). The van der Waals surface area contributed by atoms with Crippen LogP contribution in [0.5, 0.6) is 5.75 Å². The van der Waals surface area contributed by atoms with E-state index in [2.05, 4.69) is 55.4 Å². The molecule has 10 heteroatoms. The van der Waals surface area contributed by atoms with Gasteiger partial charge in [-0.05, 0) is 48.2 Å². The zero-order valence-corrected chi connectivity index (χ0v) is 21.8. The number of nitrogens with one attached hydrogen (secondary N) is 3. The molecule has 0 fully saturated rings. The second-order valence-corrected chi connectivity index (χ2v) is 9.79. The second kappa shape index (κ2) is 10.1. The van der Waals surface area contributed by atoms with Crippen LogP contribution in [0.15, 0.2) is 61.2 Å². The molecule has 0 amide bonds. The molecule has 0 saturated heterocycles. The molecule has 5 heterocycles. The lowest BCUT2D eigenvalue weighted by Crippen LogP contribution is -2.05. The van der Waals surface area contributed by atoms with Gasteiger partial charge >= 0.3 is 0 Å². The van der Waals surface area contributed by atoms with E-state index < -0.39 is 0 Å². The molecule has 6 aromatic rings. The van der Waals surface area contributed by atoms with Gasteiger partial charge in [0.15, 0.2) is 17.1 Å². The molecule has 0 radical (unpaired) electrons. The Bertz CT molecular complexity index is 1790. The number of pyridine rings is 3. The standard InChI is InChI=1S/C29H27FN8O/c1-16(2)4-6-32-21-9-18(13-31-15-21)19-11-24-26(37-38-27(24)34-14-19)29-35-25-23(5-7-33-28(25)36-29)17-8-20(30)12-22(10-17)39-3/h5,7-16,32H,4,6H2,1-3H3,(H,33,35,36)(H,34,37,38). The molecule has 0 aliphatic heterocycles. The molecule has 0 aliphatic carbocycles. The number of H-pyrrole nitrogens is 2. The minimum atomic E-state index is -0.388. The number of hydrogen-bond acceptors (Lipinski definition) is 7. The average molecular weight is 523 g/mol. The summed E-state index contributed by atoms with van der Waals surface area (Å²) in [5.41, 5.74) is 6.65. The normalized spacial score (nSPS) is 11.5. The van der Waals surface area contributed by atoms with Crippen LogP contribution in [0.3, 0.4) is 0 Å². The number of rotatable bonds is 8. The van der Waals surface area contributed by atoms with Crippen molar-refractivity contribution in [3.05, 3.63) is 67.0 Å². The van der Waals surface area contributed by atoms with Crippen LogP contribution in [-0.2, 0) is 0 Å². The molecule has 1 aromatic carbocycles. The maximum absolute atomic E-state index is 14.2. The first-order chi connectivity index (χ1) is 19.0. The number of imidazole rings is 1. The van der Waals surface area contributed by atoms with Crippen LogP contribution in [0.2, 0.25) is 0 Å². The number of halogens is 1. The fraction of sp³-hybridized carbons (Fsp3) is 0.207. The highest BCUT2D eigenvalue weighted by atomic mass is 19.1. The first-order valence-electron chi connectivity index (χ1n) is 12.7. The van der Waals surface area contributed by atoms with Crippen molar-refractivity contribution in [2.24, 2.45) is 5.92 Å². The summed E-state index contributed by atoms with van der Waals surface area (Å²) in [4.78, 5) is 21.5. The summed E-state index contributed by atoms with van der Waals surface area (Å²) < 4.78 is 19.5. The Kier molecular flexibility index (Phi) is 6.36. The van der Waals surface area contributed by atoms with Gasteiger partial charge in [0.2, 0.25) is 0 Å². The van der Waals surface area contributed by atoms with Gasteiger partial charge in [0.1, 0.15) is 17.3 Å². The average Bonchev–Trinajstić information content (AvgIpc) is 3.56. The minimum Gasteiger partial charge on any atom is -0.497 e. The van der Waals surface area contributed by atoms with E-state index in [0.29, 0.717) is 45.6 Å². The Hall–Kier alpha value is -4.86. The molecule has 9 nitrogen and oxygen atoms in total. The minimum absolute atomic E-state index is 0.388. The Balaban J connectivity index is 1.38. The van der Waals surface area contributed by atoms with Gasteiger partial charge in [-0.3, -0.25) is 10.1 Å². The summed E-state index contributed by atoms with van der Waals surface area (Å²) in [5.74, 6) is 1.22. The number of benzene rings is 1. The molecule has 0 spiro atoms. The van der Waals surface area contributed by atoms with E-state index in [4.69, 9.17) is 9.72 Å². The number of aromatic nitrogens is 7. The smallest absolute Gasteiger partial charge is 0.181 e. The van der Waals surface area contributed by atoms with Gasteiger partial charge in [-0.15, -0.1) is 0 Å². The Labute approximate surface area is 223 Å². The molecule has 0 saturated carbocycles. The number of nitrogens with zero attached hydrogens (tertiary/aromatic N) is 5.